The third-order valence-corrected chi connectivity index (χ3v) is 4.31. The van der Waals surface area contributed by atoms with E-state index in [9.17, 15) is 9.90 Å². The summed E-state index contributed by atoms with van der Waals surface area (Å²) in [5, 5.41) is 9.51. The number of carboxylic acid groups (broad SMARTS) is 1. The number of rotatable bonds is 5. The molecule has 1 N–H and O–H groups in total. The van der Waals surface area contributed by atoms with Crippen LogP contribution in [0.4, 0.5) is 0 Å². The Morgan fingerprint density at radius 1 is 1.30 bits per heavy atom. The summed E-state index contributed by atoms with van der Waals surface area (Å²) in [5.74, 6) is -0.857. The molecule has 2 rings (SSSR count). The monoisotopic (exact) mass is 276 g/mol. The maximum absolute atomic E-state index is 11.6. The molecule has 1 aromatic heterocycles. The van der Waals surface area contributed by atoms with Gasteiger partial charge in [-0.25, -0.2) is 0 Å². The summed E-state index contributed by atoms with van der Waals surface area (Å²) in [6.07, 6.45) is 8.74. The molecule has 1 fully saturated rings. The van der Waals surface area contributed by atoms with E-state index in [0.717, 1.165) is 45.2 Å². The van der Waals surface area contributed by atoms with E-state index < -0.39 is 5.97 Å². The molecule has 0 aliphatic heterocycles. The Kier molecular flexibility index (Phi) is 5.53. The minimum Gasteiger partial charge on any atom is -0.481 e. The van der Waals surface area contributed by atoms with Crippen LogP contribution in [0.5, 0.6) is 0 Å². The number of hydrogen-bond acceptors (Lipinski definition) is 3. The van der Waals surface area contributed by atoms with Crippen molar-refractivity contribution in [1.29, 1.82) is 0 Å². The summed E-state index contributed by atoms with van der Waals surface area (Å²) in [4.78, 5) is 17.9. The molecule has 1 saturated carbocycles. The number of aliphatic carboxylic acids is 1. The Labute approximate surface area is 120 Å². The van der Waals surface area contributed by atoms with Gasteiger partial charge in [-0.05, 0) is 37.1 Å². The SMILES string of the molecule is CCN(Cc1ccncc1)C1CCCCCC1C(=O)O. The molecule has 0 aromatic carbocycles. The van der Waals surface area contributed by atoms with E-state index in [1.807, 2.05) is 12.1 Å². The van der Waals surface area contributed by atoms with E-state index in [0.29, 0.717) is 0 Å². The van der Waals surface area contributed by atoms with Gasteiger partial charge in [0.05, 0.1) is 5.92 Å². The highest BCUT2D eigenvalue weighted by molar-refractivity contribution is 5.70. The summed E-state index contributed by atoms with van der Waals surface area (Å²) in [5.41, 5.74) is 1.20. The maximum Gasteiger partial charge on any atom is 0.308 e. The number of carboxylic acids is 1. The molecular formula is C16H24N2O2. The van der Waals surface area contributed by atoms with Gasteiger partial charge in [0.25, 0.3) is 0 Å². The van der Waals surface area contributed by atoms with Crippen molar-refractivity contribution in [3.05, 3.63) is 30.1 Å². The van der Waals surface area contributed by atoms with Crippen LogP contribution in [0.25, 0.3) is 0 Å². The fraction of sp³-hybridized carbons (Fsp3) is 0.625. The number of aromatic nitrogens is 1. The summed E-state index contributed by atoms with van der Waals surface area (Å²) in [7, 11) is 0. The summed E-state index contributed by atoms with van der Waals surface area (Å²) >= 11 is 0. The van der Waals surface area contributed by atoms with Gasteiger partial charge >= 0.3 is 5.97 Å². The van der Waals surface area contributed by atoms with Crippen LogP contribution < -0.4 is 0 Å². The first-order chi connectivity index (χ1) is 9.72. The van der Waals surface area contributed by atoms with Gasteiger partial charge in [-0.15, -0.1) is 0 Å². The molecule has 1 aromatic rings. The van der Waals surface area contributed by atoms with Gasteiger partial charge in [-0.1, -0.05) is 26.2 Å². The maximum atomic E-state index is 11.6. The smallest absolute Gasteiger partial charge is 0.308 e. The van der Waals surface area contributed by atoms with Crippen LogP contribution in [0.15, 0.2) is 24.5 Å². The average Bonchev–Trinajstić information content (AvgIpc) is 2.71. The quantitative estimate of drug-likeness (QED) is 0.840. The highest BCUT2D eigenvalue weighted by Gasteiger charge is 2.33. The van der Waals surface area contributed by atoms with Gasteiger partial charge < -0.3 is 5.11 Å². The van der Waals surface area contributed by atoms with Crippen molar-refractivity contribution in [1.82, 2.24) is 9.88 Å². The number of carbonyl (C=O) groups is 1. The lowest BCUT2D eigenvalue weighted by molar-refractivity contribution is -0.144. The van der Waals surface area contributed by atoms with Gasteiger partial charge in [-0.3, -0.25) is 14.7 Å². The van der Waals surface area contributed by atoms with E-state index in [2.05, 4.69) is 16.8 Å². The van der Waals surface area contributed by atoms with Crippen molar-refractivity contribution in [3.8, 4) is 0 Å². The van der Waals surface area contributed by atoms with Crippen molar-refractivity contribution in [2.45, 2.75) is 51.6 Å². The molecule has 0 saturated heterocycles. The predicted octanol–water partition coefficient (Wildman–Crippen LogP) is 2.94. The number of hydrogen-bond donors (Lipinski definition) is 1. The lowest BCUT2D eigenvalue weighted by Crippen LogP contribution is -2.42. The Morgan fingerprint density at radius 2 is 2.00 bits per heavy atom. The Balaban J connectivity index is 2.12. The molecule has 110 valence electrons. The molecule has 4 nitrogen and oxygen atoms in total. The normalized spacial score (nSPS) is 23.5. The summed E-state index contributed by atoms with van der Waals surface area (Å²) in [6.45, 7) is 3.81. The van der Waals surface area contributed by atoms with Gasteiger partial charge in [0.2, 0.25) is 0 Å². The molecule has 0 amide bonds. The number of nitrogens with zero attached hydrogens (tertiary/aromatic N) is 2. The largest absolute Gasteiger partial charge is 0.481 e. The molecule has 2 unspecified atom stereocenters. The zero-order valence-electron chi connectivity index (χ0n) is 12.2. The lowest BCUT2D eigenvalue weighted by Gasteiger charge is -2.33. The van der Waals surface area contributed by atoms with Gasteiger partial charge in [0.15, 0.2) is 0 Å². The second kappa shape index (κ2) is 7.39. The first-order valence-corrected chi connectivity index (χ1v) is 7.58. The van der Waals surface area contributed by atoms with Crippen LogP contribution >= 0.6 is 0 Å². The van der Waals surface area contributed by atoms with E-state index in [1.165, 1.54) is 5.56 Å². The highest BCUT2D eigenvalue weighted by Crippen LogP contribution is 2.28. The predicted molar refractivity (Wildman–Crippen MR) is 78.3 cm³/mol. The average molecular weight is 276 g/mol. The van der Waals surface area contributed by atoms with Crippen molar-refractivity contribution in [3.63, 3.8) is 0 Å². The Hall–Kier alpha value is -1.42. The molecular weight excluding hydrogens is 252 g/mol. The molecule has 4 heteroatoms. The molecule has 1 heterocycles. The zero-order valence-corrected chi connectivity index (χ0v) is 12.2. The Bertz CT molecular complexity index is 422. The third-order valence-electron chi connectivity index (χ3n) is 4.31. The van der Waals surface area contributed by atoms with Crippen LogP contribution in [0.1, 0.15) is 44.6 Å². The first kappa shape index (κ1) is 15.0. The van der Waals surface area contributed by atoms with E-state index in [4.69, 9.17) is 0 Å². The topological polar surface area (TPSA) is 53.4 Å². The fourth-order valence-electron chi connectivity index (χ4n) is 3.20. The van der Waals surface area contributed by atoms with E-state index in [-0.39, 0.29) is 12.0 Å². The van der Waals surface area contributed by atoms with Crippen LogP contribution in [0.2, 0.25) is 0 Å². The van der Waals surface area contributed by atoms with Crippen LogP contribution in [0, 0.1) is 5.92 Å². The molecule has 0 radical (unpaired) electrons. The first-order valence-electron chi connectivity index (χ1n) is 7.58. The summed E-state index contributed by atoms with van der Waals surface area (Å²) in [6, 6.07) is 4.18. The van der Waals surface area contributed by atoms with Gasteiger partial charge in [0.1, 0.15) is 0 Å². The van der Waals surface area contributed by atoms with E-state index >= 15 is 0 Å². The molecule has 0 spiro atoms. The summed E-state index contributed by atoms with van der Waals surface area (Å²) < 4.78 is 0. The van der Waals surface area contributed by atoms with Crippen molar-refractivity contribution in [2.24, 2.45) is 5.92 Å². The third kappa shape index (κ3) is 3.79. The van der Waals surface area contributed by atoms with Gasteiger partial charge in [-0.2, -0.15) is 0 Å². The number of pyridine rings is 1. The molecule has 20 heavy (non-hydrogen) atoms. The van der Waals surface area contributed by atoms with Crippen molar-refractivity contribution in [2.75, 3.05) is 6.54 Å². The minimum absolute atomic E-state index is 0.160. The van der Waals surface area contributed by atoms with Crippen molar-refractivity contribution >= 4 is 5.97 Å². The molecule has 1 aliphatic rings. The van der Waals surface area contributed by atoms with Crippen LogP contribution in [-0.2, 0) is 11.3 Å². The van der Waals surface area contributed by atoms with Gasteiger partial charge in [0, 0.05) is 25.0 Å². The van der Waals surface area contributed by atoms with Crippen LogP contribution in [0.3, 0.4) is 0 Å². The standard InChI is InChI=1S/C16H24N2O2/c1-2-18(12-13-8-10-17-11-9-13)15-7-5-3-4-6-14(15)16(19)20/h8-11,14-15H,2-7,12H2,1H3,(H,19,20). The fourth-order valence-corrected chi connectivity index (χ4v) is 3.20. The molecule has 0 bridgehead atoms. The minimum atomic E-state index is -0.634. The second-order valence-electron chi connectivity index (χ2n) is 5.57. The van der Waals surface area contributed by atoms with Crippen LogP contribution in [-0.4, -0.2) is 33.5 Å². The zero-order chi connectivity index (χ0) is 14.4. The van der Waals surface area contributed by atoms with E-state index in [1.54, 1.807) is 12.4 Å². The lowest BCUT2D eigenvalue weighted by atomic mass is 9.93. The van der Waals surface area contributed by atoms with Crippen molar-refractivity contribution < 1.29 is 9.90 Å². The Morgan fingerprint density at radius 3 is 2.65 bits per heavy atom. The second-order valence-corrected chi connectivity index (χ2v) is 5.57. The molecule has 2 atom stereocenters. The highest BCUT2D eigenvalue weighted by atomic mass is 16.4. The molecule has 1 aliphatic carbocycles.